The van der Waals surface area contributed by atoms with Gasteiger partial charge in [0.1, 0.15) is 5.69 Å². The SMILES string of the molecule is Cc1cc(C(=O)Nc2c(C)nn(C)c2C)nc(N(C)C)n1. The van der Waals surface area contributed by atoms with Gasteiger partial charge < -0.3 is 10.2 Å². The molecule has 7 nitrogen and oxygen atoms in total. The molecule has 112 valence electrons. The number of nitrogens with one attached hydrogen (secondary N) is 1. The smallest absolute Gasteiger partial charge is 0.274 e. The molecular weight excluding hydrogens is 268 g/mol. The zero-order valence-corrected chi connectivity index (χ0v) is 13.2. The van der Waals surface area contributed by atoms with Crippen molar-refractivity contribution in [2.75, 3.05) is 24.3 Å². The maximum atomic E-state index is 12.4. The zero-order valence-electron chi connectivity index (χ0n) is 13.2. The highest BCUT2D eigenvalue weighted by Gasteiger charge is 2.16. The Morgan fingerprint density at radius 3 is 2.43 bits per heavy atom. The Kier molecular flexibility index (Phi) is 3.93. The molecule has 2 aromatic rings. The van der Waals surface area contributed by atoms with Crippen molar-refractivity contribution in [1.82, 2.24) is 19.7 Å². The fraction of sp³-hybridized carbons (Fsp3) is 0.429. The van der Waals surface area contributed by atoms with Gasteiger partial charge in [-0.25, -0.2) is 9.97 Å². The fourth-order valence-corrected chi connectivity index (χ4v) is 2.00. The molecule has 0 aromatic carbocycles. The first kappa shape index (κ1) is 15.0. The molecule has 0 saturated heterocycles. The summed E-state index contributed by atoms with van der Waals surface area (Å²) in [5.41, 5.74) is 3.50. The monoisotopic (exact) mass is 288 g/mol. The van der Waals surface area contributed by atoms with E-state index in [0.29, 0.717) is 11.6 Å². The molecule has 21 heavy (non-hydrogen) atoms. The van der Waals surface area contributed by atoms with Crippen molar-refractivity contribution in [3.8, 4) is 0 Å². The second kappa shape index (κ2) is 5.51. The van der Waals surface area contributed by atoms with Gasteiger partial charge in [-0.1, -0.05) is 0 Å². The minimum Gasteiger partial charge on any atom is -0.347 e. The molecule has 1 N–H and O–H groups in total. The summed E-state index contributed by atoms with van der Waals surface area (Å²) in [4.78, 5) is 22.7. The van der Waals surface area contributed by atoms with E-state index in [1.807, 2.05) is 41.9 Å². The lowest BCUT2D eigenvalue weighted by atomic mass is 10.2. The Bertz CT molecular complexity index is 689. The van der Waals surface area contributed by atoms with Gasteiger partial charge in [-0.05, 0) is 26.8 Å². The summed E-state index contributed by atoms with van der Waals surface area (Å²) in [5.74, 6) is 0.252. The molecule has 0 atom stereocenters. The van der Waals surface area contributed by atoms with Crippen LogP contribution in [0.15, 0.2) is 6.07 Å². The van der Waals surface area contributed by atoms with Crippen LogP contribution in [0.4, 0.5) is 11.6 Å². The van der Waals surface area contributed by atoms with Crippen LogP contribution in [-0.4, -0.2) is 39.8 Å². The fourth-order valence-electron chi connectivity index (χ4n) is 2.00. The molecule has 2 aromatic heterocycles. The van der Waals surface area contributed by atoms with Crippen LogP contribution >= 0.6 is 0 Å². The number of carbonyl (C=O) groups is 1. The largest absolute Gasteiger partial charge is 0.347 e. The van der Waals surface area contributed by atoms with E-state index >= 15 is 0 Å². The quantitative estimate of drug-likeness (QED) is 0.925. The molecule has 0 aliphatic carbocycles. The van der Waals surface area contributed by atoms with Crippen LogP contribution in [0.5, 0.6) is 0 Å². The molecule has 0 fully saturated rings. The number of rotatable bonds is 3. The van der Waals surface area contributed by atoms with Crippen LogP contribution in [0.3, 0.4) is 0 Å². The van der Waals surface area contributed by atoms with E-state index in [0.717, 1.165) is 22.8 Å². The number of amides is 1. The summed E-state index contributed by atoms with van der Waals surface area (Å²) in [5, 5.41) is 7.16. The van der Waals surface area contributed by atoms with Gasteiger partial charge in [-0.2, -0.15) is 5.10 Å². The molecular formula is C14H20N6O. The highest BCUT2D eigenvalue weighted by atomic mass is 16.1. The zero-order chi connectivity index (χ0) is 15.7. The molecule has 2 rings (SSSR count). The highest BCUT2D eigenvalue weighted by molar-refractivity contribution is 6.03. The van der Waals surface area contributed by atoms with Crippen LogP contribution in [0.25, 0.3) is 0 Å². The second-order valence-electron chi connectivity index (χ2n) is 5.21. The third kappa shape index (κ3) is 3.01. The van der Waals surface area contributed by atoms with Crippen LogP contribution in [0, 0.1) is 20.8 Å². The first-order valence-electron chi connectivity index (χ1n) is 6.64. The molecule has 0 saturated carbocycles. The molecule has 0 spiro atoms. The van der Waals surface area contributed by atoms with Gasteiger partial charge in [0, 0.05) is 26.8 Å². The van der Waals surface area contributed by atoms with Crippen molar-refractivity contribution in [3.63, 3.8) is 0 Å². The van der Waals surface area contributed by atoms with E-state index in [2.05, 4.69) is 20.4 Å². The van der Waals surface area contributed by atoms with Crippen molar-refractivity contribution in [2.24, 2.45) is 7.05 Å². The summed E-state index contributed by atoms with van der Waals surface area (Å²) in [6.45, 7) is 5.61. The van der Waals surface area contributed by atoms with Gasteiger partial charge in [0.05, 0.1) is 17.1 Å². The van der Waals surface area contributed by atoms with Crippen molar-refractivity contribution < 1.29 is 4.79 Å². The van der Waals surface area contributed by atoms with Crippen LogP contribution in [-0.2, 0) is 7.05 Å². The minimum absolute atomic E-state index is 0.261. The highest BCUT2D eigenvalue weighted by Crippen LogP contribution is 2.19. The number of hydrogen-bond donors (Lipinski definition) is 1. The Hall–Kier alpha value is -2.44. The van der Waals surface area contributed by atoms with Gasteiger partial charge in [0.15, 0.2) is 0 Å². The predicted molar refractivity (Wildman–Crippen MR) is 81.7 cm³/mol. The van der Waals surface area contributed by atoms with Crippen molar-refractivity contribution in [2.45, 2.75) is 20.8 Å². The van der Waals surface area contributed by atoms with Gasteiger partial charge >= 0.3 is 0 Å². The molecule has 1 amide bonds. The molecule has 0 aliphatic heterocycles. The summed E-state index contributed by atoms with van der Waals surface area (Å²) >= 11 is 0. The van der Waals surface area contributed by atoms with Crippen molar-refractivity contribution >= 4 is 17.5 Å². The summed E-state index contributed by atoms with van der Waals surface area (Å²) in [7, 11) is 5.52. The van der Waals surface area contributed by atoms with Gasteiger partial charge in [-0.15, -0.1) is 0 Å². The normalized spacial score (nSPS) is 10.6. The van der Waals surface area contributed by atoms with Crippen LogP contribution in [0.2, 0.25) is 0 Å². The lowest BCUT2D eigenvalue weighted by molar-refractivity contribution is 0.102. The van der Waals surface area contributed by atoms with E-state index in [1.165, 1.54) is 0 Å². The Morgan fingerprint density at radius 2 is 1.90 bits per heavy atom. The average Bonchev–Trinajstić information content (AvgIpc) is 2.64. The van der Waals surface area contributed by atoms with E-state index in [4.69, 9.17) is 0 Å². The van der Waals surface area contributed by atoms with Gasteiger partial charge in [-0.3, -0.25) is 9.48 Å². The number of carbonyl (C=O) groups excluding carboxylic acids is 1. The Labute approximate surface area is 124 Å². The van der Waals surface area contributed by atoms with E-state index in [9.17, 15) is 4.79 Å². The molecule has 7 heteroatoms. The van der Waals surface area contributed by atoms with Crippen LogP contribution in [0.1, 0.15) is 27.6 Å². The van der Waals surface area contributed by atoms with E-state index in [-0.39, 0.29) is 5.91 Å². The molecule has 2 heterocycles. The van der Waals surface area contributed by atoms with E-state index < -0.39 is 0 Å². The second-order valence-corrected chi connectivity index (χ2v) is 5.21. The lowest BCUT2D eigenvalue weighted by Crippen LogP contribution is -2.19. The summed E-state index contributed by atoms with van der Waals surface area (Å²) < 4.78 is 1.74. The number of aromatic nitrogens is 4. The molecule has 0 radical (unpaired) electrons. The average molecular weight is 288 g/mol. The van der Waals surface area contributed by atoms with Crippen molar-refractivity contribution in [1.29, 1.82) is 0 Å². The first-order valence-corrected chi connectivity index (χ1v) is 6.64. The lowest BCUT2D eigenvalue weighted by Gasteiger charge is -2.12. The minimum atomic E-state index is -0.261. The van der Waals surface area contributed by atoms with E-state index in [1.54, 1.807) is 15.6 Å². The summed E-state index contributed by atoms with van der Waals surface area (Å²) in [6, 6.07) is 1.67. The topological polar surface area (TPSA) is 75.9 Å². The number of hydrogen-bond acceptors (Lipinski definition) is 5. The van der Waals surface area contributed by atoms with Gasteiger partial charge in [0.25, 0.3) is 5.91 Å². The first-order chi connectivity index (χ1) is 9.79. The maximum Gasteiger partial charge on any atom is 0.274 e. The third-order valence-corrected chi connectivity index (χ3v) is 3.22. The molecule has 0 bridgehead atoms. The van der Waals surface area contributed by atoms with Crippen LogP contribution < -0.4 is 10.2 Å². The number of anilines is 2. The molecule has 0 aliphatic rings. The number of nitrogens with zero attached hydrogens (tertiary/aromatic N) is 5. The number of aryl methyl sites for hydroxylation is 3. The molecule has 0 unspecified atom stereocenters. The summed E-state index contributed by atoms with van der Waals surface area (Å²) in [6.07, 6.45) is 0. The maximum absolute atomic E-state index is 12.4. The van der Waals surface area contributed by atoms with Crippen molar-refractivity contribution in [3.05, 3.63) is 28.8 Å². The predicted octanol–water partition coefficient (Wildman–Crippen LogP) is 1.45. The van der Waals surface area contributed by atoms with Gasteiger partial charge in [0.2, 0.25) is 5.95 Å². The Morgan fingerprint density at radius 1 is 1.24 bits per heavy atom. The standard InChI is InChI=1S/C14H20N6O/c1-8-7-11(16-14(15-8)19(4)5)13(21)17-12-9(2)18-20(6)10(12)3/h7H,1-6H3,(H,17,21). The third-order valence-electron chi connectivity index (χ3n) is 3.22. The Balaban J connectivity index is 2.32.